The van der Waals surface area contributed by atoms with Gasteiger partial charge < -0.3 is 35.4 Å². The zero-order chi connectivity index (χ0) is 34.2. The Morgan fingerprint density at radius 2 is 1.71 bits per heavy atom. The summed E-state index contributed by atoms with van der Waals surface area (Å²) < 4.78 is 19.6. The van der Waals surface area contributed by atoms with Crippen LogP contribution in [0.5, 0.6) is 11.5 Å². The normalized spacial score (nSPS) is 14.6. The lowest BCUT2D eigenvalue weighted by Crippen LogP contribution is -2.37. The summed E-state index contributed by atoms with van der Waals surface area (Å²) in [5.74, 6) is 0.235. The van der Waals surface area contributed by atoms with Crippen LogP contribution < -0.4 is 15.5 Å². The third-order valence-corrected chi connectivity index (χ3v) is 9.91. The molecule has 0 atom stereocenters. The van der Waals surface area contributed by atoms with Crippen molar-refractivity contribution in [3.63, 3.8) is 0 Å². The number of halogens is 1. The molecule has 4 heterocycles. The second-order valence-corrected chi connectivity index (χ2v) is 13.4. The summed E-state index contributed by atoms with van der Waals surface area (Å²) in [4.78, 5) is 42.0. The molecule has 11 nitrogen and oxygen atoms in total. The number of fused-ring (bicyclic) bond motifs is 3. The summed E-state index contributed by atoms with van der Waals surface area (Å²) >= 11 is 1.53. The number of aromatic nitrogens is 2. The van der Waals surface area contributed by atoms with Gasteiger partial charge in [0.05, 0.1) is 36.4 Å². The van der Waals surface area contributed by atoms with Gasteiger partial charge in [0, 0.05) is 41.8 Å². The van der Waals surface area contributed by atoms with E-state index in [2.05, 4.69) is 15.5 Å². The van der Waals surface area contributed by atoms with Crippen LogP contribution in [0, 0.1) is 5.82 Å². The van der Waals surface area contributed by atoms with Gasteiger partial charge in [-0.1, -0.05) is 26.0 Å². The topological polar surface area (TPSA) is 140 Å². The molecule has 2 aliphatic heterocycles. The van der Waals surface area contributed by atoms with Gasteiger partial charge in [-0.25, -0.2) is 19.2 Å². The van der Waals surface area contributed by atoms with Crippen LogP contribution in [0.4, 0.5) is 26.4 Å². The number of rotatable bonds is 6. The number of nitrogens with zero attached hydrogens (tertiary/aromatic N) is 4. The Hall–Kier alpha value is -5.27. The number of morpholine rings is 1. The largest absolute Gasteiger partial charge is 0.508 e. The molecule has 0 aliphatic carbocycles. The van der Waals surface area contributed by atoms with E-state index in [9.17, 15) is 24.2 Å². The third-order valence-electron chi connectivity index (χ3n) is 8.80. The van der Waals surface area contributed by atoms with Crippen molar-refractivity contribution in [2.45, 2.75) is 32.7 Å². The van der Waals surface area contributed by atoms with Gasteiger partial charge in [0.2, 0.25) is 0 Å². The predicted molar refractivity (Wildman–Crippen MR) is 187 cm³/mol. The number of aromatic hydroxyl groups is 2. The lowest BCUT2D eigenvalue weighted by molar-refractivity contribution is 0.0734. The summed E-state index contributed by atoms with van der Waals surface area (Å²) in [5, 5.41) is 27.1. The molecule has 7 rings (SSSR count). The van der Waals surface area contributed by atoms with Gasteiger partial charge in [-0.15, -0.1) is 11.3 Å². The fraction of sp³-hybridized carbons (Fsp3) is 0.278. The molecule has 1 saturated heterocycles. The number of carbonyl (C=O) groups is 2. The predicted octanol–water partition coefficient (Wildman–Crippen LogP) is 6.71. The van der Waals surface area contributed by atoms with Crippen LogP contribution in [0.3, 0.4) is 0 Å². The maximum Gasteiger partial charge on any atom is 0.323 e. The highest BCUT2D eigenvalue weighted by Gasteiger charge is 2.31. The summed E-state index contributed by atoms with van der Waals surface area (Å²) in [6.45, 7) is 7.19. The number of hydrogen-bond acceptors (Lipinski definition) is 9. The van der Waals surface area contributed by atoms with Crippen molar-refractivity contribution in [1.82, 2.24) is 14.9 Å². The van der Waals surface area contributed by atoms with E-state index in [4.69, 9.17) is 14.7 Å². The molecule has 0 saturated carbocycles. The minimum Gasteiger partial charge on any atom is -0.508 e. The number of hydrogen-bond donors (Lipinski definition) is 4. The maximum absolute atomic E-state index is 14.0. The second kappa shape index (κ2) is 13.3. The Balaban J connectivity index is 1.17. The fourth-order valence-corrected chi connectivity index (χ4v) is 7.46. The van der Waals surface area contributed by atoms with Crippen molar-refractivity contribution in [2.75, 3.05) is 48.4 Å². The van der Waals surface area contributed by atoms with E-state index in [1.165, 1.54) is 29.5 Å². The van der Waals surface area contributed by atoms with Crippen molar-refractivity contribution in [3.8, 4) is 22.9 Å². The van der Waals surface area contributed by atoms with E-state index < -0.39 is 11.8 Å². The first kappa shape index (κ1) is 32.3. The zero-order valence-electron chi connectivity index (χ0n) is 27.0. The van der Waals surface area contributed by atoms with Gasteiger partial charge in [-0.2, -0.15) is 0 Å². The molecule has 0 bridgehead atoms. The van der Waals surface area contributed by atoms with Crippen LogP contribution >= 0.6 is 11.3 Å². The van der Waals surface area contributed by atoms with Crippen LogP contribution in [0.25, 0.3) is 21.6 Å². The Kier molecular flexibility index (Phi) is 8.78. The molecule has 2 aliphatic rings. The Morgan fingerprint density at radius 1 is 0.959 bits per heavy atom. The highest BCUT2D eigenvalue weighted by atomic mass is 32.1. The van der Waals surface area contributed by atoms with Crippen molar-refractivity contribution in [3.05, 3.63) is 88.0 Å². The minimum absolute atomic E-state index is 0.0216. The molecule has 5 aromatic rings. The standard InChI is InChI=1S/C36H35FN6O5S/c1-20(2)24-17-25(29(45)18-28(24)44)35(46)43-12-11-23-30(19-43)49-34-31(23)33(42-13-15-48-16-14-42)40-32(41-34)21-7-9-22(10-8-21)38-36(47)39-27-6-4-3-5-26(27)37/h3-10,17-18,20,44-45H,11-16,19H2,1-2H3,(H2,38,39,47). The summed E-state index contributed by atoms with van der Waals surface area (Å²) in [5.41, 5.74) is 3.25. The molecule has 252 valence electrons. The number of amides is 3. The molecule has 2 aromatic heterocycles. The van der Waals surface area contributed by atoms with E-state index in [0.717, 1.165) is 32.0 Å². The Bertz CT molecular complexity index is 2060. The molecule has 0 unspecified atom stereocenters. The van der Waals surface area contributed by atoms with E-state index in [1.54, 1.807) is 35.2 Å². The smallest absolute Gasteiger partial charge is 0.323 e. The average Bonchev–Trinajstić information content (AvgIpc) is 3.47. The zero-order valence-corrected chi connectivity index (χ0v) is 27.8. The van der Waals surface area contributed by atoms with Crippen molar-refractivity contribution in [1.29, 1.82) is 0 Å². The number of para-hydroxylation sites is 1. The molecule has 4 N–H and O–H groups in total. The highest BCUT2D eigenvalue weighted by molar-refractivity contribution is 7.19. The summed E-state index contributed by atoms with van der Waals surface area (Å²) in [6, 6.07) is 15.3. The molecule has 13 heteroatoms. The fourth-order valence-electron chi connectivity index (χ4n) is 6.23. The number of carbonyl (C=O) groups excluding carboxylic acids is 2. The first-order valence-electron chi connectivity index (χ1n) is 16.1. The Morgan fingerprint density at radius 3 is 2.45 bits per heavy atom. The summed E-state index contributed by atoms with van der Waals surface area (Å²) in [7, 11) is 0. The van der Waals surface area contributed by atoms with Crippen LogP contribution in [0.15, 0.2) is 60.7 Å². The second-order valence-electron chi connectivity index (χ2n) is 12.4. The third kappa shape index (κ3) is 6.46. The lowest BCUT2D eigenvalue weighted by Gasteiger charge is -2.30. The Labute approximate surface area is 286 Å². The maximum atomic E-state index is 14.0. The van der Waals surface area contributed by atoms with Gasteiger partial charge in [0.1, 0.15) is 28.0 Å². The van der Waals surface area contributed by atoms with Gasteiger partial charge in [-0.3, -0.25) is 4.79 Å². The molecule has 49 heavy (non-hydrogen) atoms. The number of phenols is 2. The van der Waals surface area contributed by atoms with Crippen molar-refractivity contribution >= 4 is 50.7 Å². The molecule has 3 amide bonds. The molecule has 1 fully saturated rings. The first-order chi connectivity index (χ1) is 23.7. The monoisotopic (exact) mass is 682 g/mol. The molecule has 3 aromatic carbocycles. The number of thiophene rings is 1. The number of nitrogens with one attached hydrogen (secondary N) is 2. The minimum atomic E-state index is -0.567. The molecule has 0 spiro atoms. The number of ether oxygens (including phenoxy) is 1. The number of anilines is 3. The number of urea groups is 1. The van der Waals surface area contributed by atoms with E-state index >= 15 is 0 Å². The van der Waals surface area contributed by atoms with Crippen molar-refractivity contribution in [2.24, 2.45) is 0 Å². The molecule has 0 radical (unpaired) electrons. The quantitative estimate of drug-likeness (QED) is 0.155. The first-order valence-corrected chi connectivity index (χ1v) is 16.9. The van der Waals surface area contributed by atoms with Crippen LogP contribution in [-0.2, 0) is 17.7 Å². The summed E-state index contributed by atoms with van der Waals surface area (Å²) in [6.07, 6.45) is 0.603. The number of phenolic OH excluding ortho intramolecular Hbond substituents is 2. The van der Waals surface area contributed by atoms with E-state index in [1.807, 2.05) is 26.0 Å². The van der Waals surface area contributed by atoms with Crippen LogP contribution in [0.1, 0.15) is 46.1 Å². The van der Waals surface area contributed by atoms with Crippen LogP contribution in [-0.4, -0.2) is 69.9 Å². The van der Waals surface area contributed by atoms with Gasteiger partial charge in [0.15, 0.2) is 5.82 Å². The van der Waals surface area contributed by atoms with Crippen LogP contribution in [0.2, 0.25) is 0 Å². The molecular formula is C36H35FN6O5S. The lowest BCUT2D eigenvalue weighted by atomic mass is 9.97. The number of benzene rings is 3. The van der Waals surface area contributed by atoms with Gasteiger partial charge in [0.25, 0.3) is 5.91 Å². The highest BCUT2D eigenvalue weighted by Crippen LogP contribution is 2.41. The van der Waals surface area contributed by atoms with Crippen molar-refractivity contribution < 1.29 is 28.9 Å². The van der Waals surface area contributed by atoms with Gasteiger partial charge >= 0.3 is 6.03 Å². The molecular weight excluding hydrogens is 647 g/mol. The average molecular weight is 683 g/mol. The van der Waals surface area contributed by atoms with Gasteiger partial charge in [-0.05, 0) is 65.9 Å². The van der Waals surface area contributed by atoms with E-state index in [-0.39, 0.29) is 34.6 Å². The SMILES string of the molecule is CC(C)c1cc(C(=O)N2CCc3c(sc4nc(-c5ccc(NC(=O)Nc6ccccc6F)cc5)nc(N5CCOCC5)c34)C2)c(O)cc1O. The van der Waals surface area contributed by atoms with E-state index in [0.29, 0.717) is 62.9 Å².